The van der Waals surface area contributed by atoms with E-state index in [0.717, 1.165) is 48.2 Å². The molecule has 178 valence electrons. The van der Waals surface area contributed by atoms with Crippen molar-refractivity contribution in [2.24, 2.45) is 0 Å². The van der Waals surface area contributed by atoms with Crippen molar-refractivity contribution in [1.82, 2.24) is 10.3 Å². The van der Waals surface area contributed by atoms with Crippen LogP contribution >= 0.6 is 0 Å². The Hall–Kier alpha value is -3.32. The standard InChI is InChI=1S/C27H29F2N3O2/c1-3-4-5-22-23(18-6-10-20(28)11-7-18)25(19-8-12-21(29)13-9-19)31-26(24(22)27(33)34-2)32-16-14-30-15-17-32/h6-13,30H,3-5,14-17H2,1-2H3. The number of nitrogens with zero attached hydrogens (tertiary/aromatic N) is 2. The van der Waals surface area contributed by atoms with E-state index >= 15 is 0 Å². The first-order chi connectivity index (χ1) is 16.5. The van der Waals surface area contributed by atoms with Gasteiger partial charge in [-0.3, -0.25) is 0 Å². The van der Waals surface area contributed by atoms with E-state index in [4.69, 9.17) is 9.72 Å². The van der Waals surface area contributed by atoms with Crippen molar-refractivity contribution in [1.29, 1.82) is 0 Å². The molecule has 1 N–H and O–H groups in total. The Kier molecular flexibility index (Phi) is 7.53. The van der Waals surface area contributed by atoms with E-state index in [1.807, 2.05) is 0 Å². The van der Waals surface area contributed by atoms with Crippen LogP contribution in [0.2, 0.25) is 0 Å². The number of carbonyl (C=O) groups excluding carboxylic acids is 1. The van der Waals surface area contributed by atoms with E-state index in [0.29, 0.717) is 36.6 Å². The topological polar surface area (TPSA) is 54.5 Å². The summed E-state index contributed by atoms with van der Waals surface area (Å²) < 4.78 is 32.8. The lowest BCUT2D eigenvalue weighted by atomic mass is 9.88. The normalized spacial score (nSPS) is 13.7. The van der Waals surface area contributed by atoms with Crippen LogP contribution in [0.3, 0.4) is 0 Å². The average molecular weight is 466 g/mol. The molecule has 2 heterocycles. The Morgan fingerprint density at radius 2 is 1.59 bits per heavy atom. The number of halogens is 2. The number of ether oxygens (including phenoxy) is 1. The number of esters is 1. The van der Waals surface area contributed by atoms with Gasteiger partial charge in [-0.2, -0.15) is 0 Å². The van der Waals surface area contributed by atoms with Crippen molar-refractivity contribution in [3.05, 3.63) is 71.3 Å². The number of hydrogen-bond acceptors (Lipinski definition) is 5. The Bertz CT molecular complexity index is 1140. The fourth-order valence-corrected chi connectivity index (χ4v) is 4.39. The van der Waals surface area contributed by atoms with Gasteiger partial charge in [0, 0.05) is 37.3 Å². The zero-order valence-electron chi connectivity index (χ0n) is 19.5. The molecule has 5 nitrogen and oxygen atoms in total. The molecule has 2 aromatic carbocycles. The van der Waals surface area contributed by atoms with Crippen LogP contribution in [0.4, 0.5) is 14.6 Å². The SMILES string of the molecule is CCCCc1c(C(=O)OC)c(N2CCNCC2)nc(-c2ccc(F)cc2)c1-c1ccc(F)cc1. The highest BCUT2D eigenvalue weighted by Gasteiger charge is 2.29. The molecule has 7 heteroatoms. The second kappa shape index (κ2) is 10.7. The predicted octanol–water partition coefficient (Wildman–Crippen LogP) is 5.23. The van der Waals surface area contributed by atoms with Crippen molar-refractivity contribution < 1.29 is 18.3 Å². The van der Waals surface area contributed by atoms with Gasteiger partial charge in [0.05, 0.1) is 12.8 Å². The lowest BCUT2D eigenvalue weighted by Crippen LogP contribution is -2.44. The van der Waals surface area contributed by atoms with Gasteiger partial charge in [-0.1, -0.05) is 25.5 Å². The zero-order valence-corrected chi connectivity index (χ0v) is 19.5. The molecule has 0 aliphatic carbocycles. The van der Waals surface area contributed by atoms with E-state index in [1.54, 1.807) is 24.3 Å². The summed E-state index contributed by atoms with van der Waals surface area (Å²) in [5.41, 5.74) is 4.13. The number of anilines is 1. The van der Waals surface area contributed by atoms with Crippen molar-refractivity contribution >= 4 is 11.8 Å². The van der Waals surface area contributed by atoms with Gasteiger partial charge in [-0.15, -0.1) is 0 Å². The summed E-state index contributed by atoms with van der Waals surface area (Å²) in [6, 6.07) is 12.4. The molecule has 0 amide bonds. The molecule has 34 heavy (non-hydrogen) atoms. The van der Waals surface area contributed by atoms with Crippen LogP contribution in [0.15, 0.2) is 48.5 Å². The Morgan fingerprint density at radius 3 is 2.15 bits per heavy atom. The number of methoxy groups -OCH3 is 1. The molecule has 1 fully saturated rings. The van der Waals surface area contributed by atoms with E-state index in [1.165, 1.54) is 31.4 Å². The predicted molar refractivity (Wildman–Crippen MR) is 130 cm³/mol. The van der Waals surface area contributed by atoms with Crippen molar-refractivity contribution in [2.45, 2.75) is 26.2 Å². The largest absolute Gasteiger partial charge is 0.465 e. The fourth-order valence-electron chi connectivity index (χ4n) is 4.39. The maximum atomic E-state index is 13.8. The summed E-state index contributed by atoms with van der Waals surface area (Å²) in [6.45, 7) is 5.04. The van der Waals surface area contributed by atoms with Crippen LogP contribution in [0.1, 0.15) is 35.7 Å². The number of benzene rings is 2. The minimum absolute atomic E-state index is 0.341. The van der Waals surface area contributed by atoms with Crippen molar-refractivity contribution in [2.75, 3.05) is 38.2 Å². The summed E-state index contributed by atoms with van der Waals surface area (Å²) in [4.78, 5) is 20.3. The molecular formula is C27H29F2N3O2. The van der Waals surface area contributed by atoms with E-state index in [-0.39, 0.29) is 11.6 Å². The number of hydrogen-bond donors (Lipinski definition) is 1. The van der Waals surface area contributed by atoms with Crippen LogP contribution in [-0.4, -0.2) is 44.2 Å². The monoisotopic (exact) mass is 465 g/mol. The van der Waals surface area contributed by atoms with E-state index in [2.05, 4.69) is 17.1 Å². The fraction of sp³-hybridized carbons (Fsp3) is 0.333. The minimum Gasteiger partial charge on any atom is -0.465 e. The van der Waals surface area contributed by atoms with Crippen LogP contribution in [0.25, 0.3) is 22.4 Å². The maximum absolute atomic E-state index is 13.8. The molecule has 0 atom stereocenters. The lowest BCUT2D eigenvalue weighted by Gasteiger charge is -2.32. The van der Waals surface area contributed by atoms with E-state index in [9.17, 15) is 13.6 Å². The Labute approximate surface area is 198 Å². The molecule has 1 aliphatic heterocycles. The van der Waals surface area contributed by atoms with Gasteiger partial charge in [-0.25, -0.2) is 18.6 Å². The van der Waals surface area contributed by atoms with Gasteiger partial charge in [0.15, 0.2) is 0 Å². The van der Waals surface area contributed by atoms with Crippen LogP contribution in [0, 0.1) is 11.6 Å². The number of nitrogens with one attached hydrogen (secondary N) is 1. The highest BCUT2D eigenvalue weighted by atomic mass is 19.1. The molecule has 0 saturated carbocycles. The second-order valence-electron chi connectivity index (χ2n) is 8.36. The highest BCUT2D eigenvalue weighted by molar-refractivity contribution is 6.01. The summed E-state index contributed by atoms with van der Waals surface area (Å²) in [5.74, 6) is -0.557. The molecule has 1 aliphatic rings. The lowest BCUT2D eigenvalue weighted by molar-refractivity contribution is 0.0599. The van der Waals surface area contributed by atoms with Gasteiger partial charge in [0.1, 0.15) is 23.0 Å². The third kappa shape index (κ3) is 4.94. The van der Waals surface area contributed by atoms with Gasteiger partial charge >= 0.3 is 5.97 Å². The van der Waals surface area contributed by atoms with Crippen molar-refractivity contribution in [3.8, 4) is 22.4 Å². The maximum Gasteiger partial charge on any atom is 0.341 e. The number of pyridine rings is 1. The third-order valence-corrected chi connectivity index (χ3v) is 6.12. The van der Waals surface area contributed by atoms with Gasteiger partial charge in [0.25, 0.3) is 0 Å². The minimum atomic E-state index is -0.443. The molecule has 0 spiro atoms. The highest BCUT2D eigenvalue weighted by Crippen LogP contribution is 2.40. The molecule has 1 aromatic heterocycles. The average Bonchev–Trinajstić information content (AvgIpc) is 2.87. The zero-order chi connectivity index (χ0) is 24.1. The number of carbonyl (C=O) groups is 1. The molecule has 0 bridgehead atoms. The summed E-state index contributed by atoms with van der Waals surface area (Å²) in [6.07, 6.45) is 2.41. The number of rotatable bonds is 7. The first-order valence-corrected chi connectivity index (χ1v) is 11.7. The molecule has 0 radical (unpaired) electrons. The first-order valence-electron chi connectivity index (χ1n) is 11.7. The van der Waals surface area contributed by atoms with E-state index < -0.39 is 5.97 Å². The van der Waals surface area contributed by atoms with Crippen LogP contribution in [0.5, 0.6) is 0 Å². The first kappa shape index (κ1) is 23.8. The summed E-state index contributed by atoms with van der Waals surface area (Å²) in [5, 5.41) is 3.33. The number of piperazine rings is 1. The van der Waals surface area contributed by atoms with Gasteiger partial charge < -0.3 is 15.0 Å². The van der Waals surface area contributed by atoms with Crippen LogP contribution in [-0.2, 0) is 11.2 Å². The third-order valence-electron chi connectivity index (χ3n) is 6.12. The molecule has 0 unspecified atom stereocenters. The second-order valence-corrected chi connectivity index (χ2v) is 8.36. The van der Waals surface area contributed by atoms with Crippen molar-refractivity contribution in [3.63, 3.8) is 0 Å². The number of aromatic nitrogens is 1. The molecule has 4 rings (SSSR count). The Morgan fingerprint density at radius 1 is 1.00 bits per heavy atom. The summed E-state index contributed by atoms with van der Waals surface area (Å²) in [7, 11) is 1.37. The molecular weight excluding hydrogens is 436 g/mol. The Balaban J connectivity index is 2.07. The van der Waals surface area contributed by atoms with Gasteiger partial charge in [-0.05, 0) is 60.4 Å². The quantitative estimate of drug-likeness (QED) is 0.484. The molecule has 1 saturated heterocycles. The van der Waals surface area contributed by atoms with Gasteiger partial charge in [0.2, 0.25) is 0 Å². The smallest absolute Gasteiger partial charge is 0.341 e. The summed E-state index contributed by atoms with van der Waals surface area (Å²) >= 11 is 0. The number of unbranched alkanes of at least 4 members (excludes halogenated alkanes) is 1. The molecule has 3 aromatic rings. The van der Waals surface area contributed by atoms with Crippen LogP contribution < -0.4 is 10.2 Å².